The predicted octanol–water partition coefficient (Wildman–Crippen LogP) is 4.48. The lowest BCUT2D eigenvalue weighted by Gasteiger charge is -2.14. The molecule has 1 aliphatic rings. The van der Waals surface area contributed by atoms with Gasteiger partial charge in [-0.1, -0.05) is 18.2 Å². The van der Waals surface area contributed by atoms with Crippen molar-refractivity contribution in [2.45, 2.75) is 19.8 Å². The van der Waals surface area contributed by atoms with Gasteiger partial charge in [0.25, 0.3) is 0 Å². The van der Waals surface area contributed by atoms with E-state index in [2.05, 4.69) is 15.3 Å². The van der Waals surface area contributed by atoms with Crippen molar-refractivity contribution in [2.75, 3.05) is 13.1 Å². The van der Waals surface area contributed by atoms with Gasteiger partial charge in [-0.15, -0.1) is 11.3 Å². The number of benzene rings is 2. The van der Waals surface area contributed by atoms with Crippen LogP contribution in [0, 0.1) is 12.8 Å². The van der Waals surface area contributed by atoms with E-state index in [4.69, 9.17) is 4.74 Å². The number of thiophene rings is 1. The Bertz CT molecular complexity index is 1650. The summed E-state index contributed by atoms with van der Waals surface area (Å²) in [5.74, 6) is 2.11. The number of nitrogens with zero attached hydrogens (tertiary/aromatic N) is 3. The maximum absolute atomic E-state index is 13.4. The first-order valence-corrected chi connectivity index (χ1v) is 12.5. The van der Waals surface area contributed by atoms with Crippen molar-refractivity contribution in [3.05, 3.63) is 81.4 Å². The number of hydrogen-bond acceptors (Lipinski definition) is 7. The van der Waals surface area contributed by atoms with Crippen molar-refractivity contribution in [3.8, 4) is 17.2 Å². The fourth-order valence-corrected chi connectivity index (χ4v) is 5.84. The molecular weight excluding hydrogens is 460 g/mol. The SMILES string of the molecule is Cc1cc(Oc2ccccc2)ccc1-n1c(=O)nc2c(=C(O)C[C@@H]3CCNC3)sc3nccc1c32. The van der Waals surface area contributed by atoms with E-state index in [0.717, 1.165) is 52.2 Å². The summed E-state index contributed by atoms with van der Waals surface area (Å²) in [4.78, 5) is 23.1. The molecule has 0 bridgehead atoms. The molecule has 1 saturated heterocycles. The number of aliphatic hydroxyl groups excluding tert-OH is 1. The van der Waals surface area contributed by atoms with Crippen molar-refractivity contribution < 1.29 is 9.84 Å². The van der Waals surface area contributed by atoms with Gasteiger partial charge in [0.1, 0.15) is 27.6 Å². The van der Waals surface area contributed by atoms with Crippen molar-refractivity contribution in [2.24, 2.45) is 5.92 Å². The molecule has 7 nitrogen and oxygen atoms in total. The summed E-state index contributed by atoms with van der Waals surface area (Å²) in [6, 6.07) is 17.1. The monoisotopic (exact) mass is 484 g/mol. The van der Waals surface area contributed by atoms with Crippen LogP contribution in [-0.4, -0.2) is 32.7 Å². The lowest BCUT2D eigenvalue weighted by Crippen LogP contribution is -2.24. The normalized spacial score (nSPS) is 16.8. The molecule has 5 aromatic rings. The van der Waals surface area contributed by atoms with Gasteiger partial charge in [-0.3, -0.25) is 4.57 Å². The van der Waals surface area contributed by atoms with E-state index in [1.54, 1.807) is 10.8 Å². The minimum Gasteiger partial charge on any atom is -0.511 e. The Morgan fingerprint density at radius 1 is 1.20 bits per heavy atom. The molecule has 35 heavy (non-hydrogen) atoms. The highest BCUT2D eigenvalue weighted by Crippen LogP contribution is 2.30. The zero-order valence-corrected chi connectivity index (χ0v) is 20.0. The molecule has 3 aromatic heterocycles. The molecule has 176 valence electrons. The quantitative estimate of drug-likeness (QED) is 0.382. The smallest absolute Gasteiger partial charge is 0.353 e. The summed E-state index contributed by atoms with van der Waals surface area (Å²) in [7, 11) is 0. The number of aryl methyl sites for hydroxylation is 1. The van der Waals surface area contributed by atoms with Crippen LogP contribution in [0.4, 0.5) is 0 Å². The average molecular weight is 485 g/mol. The maximum atomic E-state index is 13.4. The molecule has 1 aliphatic heterocycles. The number of aliphatic hydroxyl groups is 1. The predicted molar refractivity (Wildman–Crippen MR) is 139 cm³/mol. The third-order valence-electron chi connectivity index (χ3n) is 6.48. The molecule has 2 N–H and O–H groups in total. The van der Waals surface area contributed by atoms with Crippen LogP contribution in [0.1, 0.15) is 18.4 Å². The first kappa shape index (κ1) is 21.8. The van der Waals surface area contributed by atoms with Crippen LogP contribution >= 0.6 is 11.3 Å². The van der Waals surface area contributed by atoms with E-state index in [0.29, 0.717) is 28.1 Å². The van der Waals surface area contributed by atoms with Crippen molar-refractivity contribution in [3.63, 3.8) is 0 Å². The average Bonchev–Trinajstić information content (AvgIpc) is 3.50. The molecule has 6 rings (SSSR count). The van der Waals surface area contributed by atoms with Gasteiger partial charge in [0.2, 0.25) is 0 Å². The molecule has 1 atom stereocenters. The Morgan fingerprint density at radius 3 is 2.83 bits per heavy atom. The third-order valence-corrected chi connectivity index (χ3v) is 7.62. The first-order chi connectivity index (χ1) is 17.1. The molecule has 0 unspecified atom stereocenters. The minimum atomic E-state index is -0.389. The van der Waals surface area contributed by atoms with Crippen LogP contribution in [0.3, 0.4) is 0 Å². The van der Waals surface area contributed by atoms with Crippen LogP contribution in [0.5, 0.6) is 11.5 Å². The molecule has 0 radical (unpaired) electrons. The standard InChI is InChI=1S/C27H24N4O3S/c1-16-13-19(34-18-5-3-2-4-6-18)7-8-20(16)31-21-10-12-29-26-23(21)24(30-27(31)33)25(35-26)22(32)14-17-9-11-28-15-17/h2-8,10,12-13,17,28,32H,9,11,14-15H2,1H3/t17-/m0/s1. The van der Waals surface area contributed by atoms with Crippen LogP contribution in [0.2, 0.25) is 0 Å². The highest BCUT2D eigenvalue weighted by Gasteiger charge is 2.21. The molecule has 8 heteroatoms. The summed E-state index contributed by atoms with van der Waals surface area (Å²) in [6.07, 6.45) is 3.30. The minimum absolute atomic E-state index is 0.284. The van der Waals surface area contributed by atoms with Crippen molar-refractivity contribution in [1.29, 1.82) is 0 Å². The molecule has 4 heterocycles. The fourth-order valence-electron chi connectivity index (χ4n) is 4.78. The first-order valence-electron chi connectivity index (χ1n) is 11.7. The lowest BCUT2D eigenvalue weighted by atomic mass is 10.0. The summed E-state index contributed by atoms with van der Waals surface area (Å²) >= 11 is 1.39. The summed E-state index contributed by atoms with van der Waals surface area (Å²) in [5.41, 5.74) is 2.48. The summed E-state index contributed by atoms with van der Waals surface area (Å²) < 4.78 is 8.22. The van der Waals surface area contributed by atoms with Crippen molar-refractivity contribution in [1.82, 2.24) is 19.9 Å². The Labute approximate surface area is 205 Å². The highest BCUT2D eigenvalue weighted by atomic mass is 32.1. The van der Waals surface area contributed by atoms with E-state index in [-0.39, 0.29) is 11.4 Å². The number of pyridine rings is 1. The fraction of sp³-hybridized carbons (Fsp3) is 0.222. The van der Waals surface area contributed by atoms with Gasteiger partial charge in [0, 0.05) is 12.6 Å². The van der Waals surface area contributed by atoms with E-state index in [1.807, 2.05) is 61.5 Å². The van der Waals surface area contributed by atoms with Crippen molar-refractivity contribution >= 4 is 38.3 Å². The Morgan fingerprint density at radius 2 is 2.06 bits per heavy atom. The van der Waals surface area contributed by atoms with Crippen LogP contribution in [-0.2, 0) is 0 Å². The highest BCUT2D eigenvalue weighted by molar-refractivity contribution is 7.17. The van der Waals surface area contributed by atoms with Crippen LogP contribution < -0.4 is 20.3 Å². The van der Waals surface area contributed by atoms with E-state index < -0.39 is 0 Å². The second kappa shape index (κ2) is 8.79. The van der Waals surface area contributed by atoms with E-state index in [1.165, 1.54) is 11.3 Å². The van der Waals surface area contributed by atoms with Gasteiger partial charge < -0.3 is 15.2 Å². The number of rotatable bonds is 5. The summed E-state index contributed by atoms with van der Waals surface area (Å²) in [6.45, 7) is 3.80. The zero-order valence-electron chi connectivity index (χ0n) is 19.2. The number of hydrogen-bond donors (Lipinski definition) is 2. The molecule has 0 aliphatic carbocycles. The van der Waals surface area contributed by atoms with Crippen LogP contribution in [0.15, 0.2) is 65.6 Å². The number of aromatic nitrogens is 3. The Hall–Kier alpha value is -3.75. The van der Waals surface area contributed by atoms with Gasteiger partial charge in [-0.25, -0.2) is 9.78 Å². The molecular formula is C27H24N4O3S. The molecule has 2 aromatic carbocycles. The summed E-state index contributed by atoms with van der Waals surface area (Å²) in [5, 5.41) is 15.1. The van der Waals surface area contributed by atoms with Crippen LogP contribution in [0.25, 0.3) is 32.7 Å². The second-order valence-electron chi connectivity index (χ2n) is 8.89. The maximum Gasteiger partial charge on any atom is 0.353 e. The second-order valence-corrected chi connectivity index (χ2v) is 9.89. The third kappa shape index (κ3) is 3.94. The van der Waals surface area contributed by atoms with Gasteiger partial charge in [-0.05, 0) is 74.3 Å². The van der Waals surface area contributed by atoms with E-state index in [9.17, 15) is 9.90 Å². The molecule has 0 amide bonds. The molecule has 1 fully saturated rings. The van der Waals surface area contributed by atoms with Gasteiger partial charge in [0.15, 0.2) is 0 Å². The van der Waals surface area contributed by atoms with Gasteiger partial charge in [0.05, 0.1) is 21.1 Å². The zero-order chi connectivity index (χ0) is 23.9. The van der Waals surface area contributed by atoms with Gasteiger partial charge in [-0.2, -0.15) is 4.98 Å². The number of ether oxygens (including phenoxy) is 1. The number of para-hydroxylation sites is 1. The Kier molecular flexibility index (Phi) is 5.47. The molecule has 0 spiro atoms. The topological polar surface area (TPSA) is 89.3 Å². The largest absolute Gasteiger partial charge is 0.511 e. The number of nitrogens with one attached hydrogen (secondary N) is 1. The Balaban J connectivity index is 1.47. The van der Waals surface area contributed by atoms with E-state index >= 15 is 0 Å². The lowest BCUT2D eigenvalue weighted by molar-refractivity contribution is 0.442. The molecule has 0 saturated carbocycles. The van der Waals surface area contributed by atoms with Gasteiger partial charge >= 0.3 is 5.69 Å².